The number of esters is 3. The highest BCUT2D eigenvalue weighted by molar-refractivity contribution is 5.99. The predicted molar refractivity (Wildman–Crippen MR) is 163 cm³/mol. The van der Waals surface area contributed by atoms with Crippen molar-refractivity contribution in [2.75, 3.05) is 6.61 Å². The second-order valence-electron chi connectivity index (χ2n) is 13.9. The molecule has 0 aromatic heterocycles. The number of carbonyl (C=O) groups is 4. The van der Waals surface area contributed by atoms with Crippen molar-refractivity contribution in [2.45, 2.75) is 89.5 Å². The Labute approximate surface area is 267 Å². The molecule has 4 aliphatic rings. The number of hydrogen-bond acceptors (Lipinski definition) is 10. The van der Waals surface area contributed by atoms with Gasteiger partial charge in [0, 0.05) is 24.2 Å². The van der Waals surface area contributed by atoms with E-state index in [1.54, 1.807) is 88.4 Å². The van der Waals surface area contributed by atoms with Crippen molar-refractivity contribution in [2.24, 2.45) is 16.7 Å². The van der Waals surface area contributed by atoms with E-state index in [0.29, 0.717) is 6.42 Å². The van der Waals surface area contributed by atoms with Gasteiger partial charge in [0.2, 0.25) is 0 Å². The van der Waals surface area contributed by atoms with Gasteiger partial charge in [0.25, 0.3) is 0 Å². The van der Waals surface area contributed by atoms with Gasteiger partial charge in [0.1, 0.15) is 23.9 Å². The SMILES string of the molecule is CC(=O)O[C@@]12CO[C@@H]1CC[C@@]1(C)[C@@H](O)[C@H](OC(=O)c3ccccc3)C3=C(C)C(=O)C[C@@](O)([C@@H](OC(=O)c4ccccc4)[C@@H]12)C3(C)C. The Morgan fingerprint density at radius 1 is 0.913 bits per heavy atom. The highest BCUT2D eigenvalue weighted by Gasteiger charge is 2.76. The molecule has 0 amide bonds. The van der Waals surface area contributed by atoms with Crippen LogP contribution in [0.15, 0.2) is 71.8 Å². The van der Waals surface area contributed by atoms with Gasteiger partial charge in [0.15, 0.2) is 17.5 Å². The second kappa shape index (κ2) is 11.1. The quantitative estimate of drug-likeness (QED) is 0.367. The number of rotatable bonds is 5. The second-order valence-corrected chi connectivity index (χ2v) is 13.9. The number of Topliss-reactive ketones (excluding diaryl/α,β-unsaturated/α-hetero) is 1. The fraction of sp³-hybridized carbons (Fsp3) is 0.500. The normalized spacial score (nSPS) is 36.2. The van der Waals surface area contributed by atoms with Crippen LogP contribution >= 0.6 is 0 Å². The van der Waals surface area contributed by atoms with Gasteiger partial charge in [-0.1, -0.05) is 57.2 Å². The van der Waals surface area contributed by atoms with Crippen LogP contribution in [-0.4, -0.2) is 76.1 Å². The molecule has 2 N–H and O–H groups in total. The van der Waals surface area contributed by atoms with Crippen LogP contribution < -0.4 is 0 Å². The summed E-state index contributed by atoms with van der Waals surface area (Å²) in [4.78, 5) is 54.0. The van der Waals surface area contributed by atoms with Crippen LogP contribution in [0.25, 0.3) is 0 Å². The monoisotopic (exact) mass is 632 g/mol. The lowest BCUT2D eigenvalue weighted by Crippen LogP contribution is -2.80. The van der Waals surface area contributed by atoms with Crippen molar-refractivity contribution >= 4 is 23.7 Å². The third kappa shape index (κ3) is 4.64. The number of allylic oxidation sites excluding steroid dienone is 1. The number of fused-ring (bicyclic) bond motifs is 5. The van der Waals surface area contributed by atoms with E-state index in [1.807, 2.05) is 0 Å². The maximum atomic E-state index is 13.8. The molecule has 1 saturated heterocycles. The molecule has 46 heavy (non-hydrogen) atoms. The van der Waals surface area contributed by atoms with Crippen molar-refractivity contribution in [3.05, 3.63) is 82.9 Å². The van der Waals surface area contributed by atoms with E-state index in [2.05, 4.69) is 0 Å². The molecule has 2 bridgehead atoms. The Kier molecular flexibility index (Phi) is 7.77. The highest BCUT2D eigenvalue weighted by atomic mass is 16.6. The van der Waals surface area contributed by atoms with Gasteiger partial charge in [-0.2, -0.15) is 0 Å². The average molecular weight is 633 g/mol. The van der Waals surface area contributed by atoms with Gasteiger partial charge in [-0.3, -0.25) is 9.59 Å². The van der Waals surface area contributed by atoms with Crippen LogP contribution in [0.5, 0.6) is 0 Å². The molecule has 6 rings (SSSR count). The van der Waals surface area contributed by atoms with Crippen LogP contribution in [-0.2, 0) is 28.5 Å². The Morgan fingerprint density at radius 3 is 2.00 bits per heavy atom. The molecule has 2 aromatic carbocycles. The number of carbonyl (C=O) groups excluding carboxylic acids is 4. The van der Waals surface area contributed by atoms with Crippen molar-refractivity contribution in [3.63, 3.8) is 0 Å². The number of benzene rings is 2. The topological polar surface area (TPSA) is 146 Å². The number of aliphatic hydroxyl groups excluding tert-OH is 1. The molecule has 1 heterocycles. The van der Waals surface area contributed by atoms with E-state index in [1.165, 1.54) is 6.92 Å². The zero-order chi connectivity index (χ0) is 33.2. The van der Waals surface area contributed by atoms with E-state index in [-0.39, 0.29) is 35.3 Å². The van der Waals surface area contributed by atoms with Gasteiger partial charge >= 0.3 is 17.9 Å². The minimum Gasteiger partial charge on any atom is -0.455 e. The van der Waals surface area contributed by atoms with E-state index < -0.39 is 82.5 Å². The molecule has 1 aliphatic heterocycles. The maximum Gasteiger partial charge on any atom is 0.338 e. The molecule has 10 heteroatoms. The highest BCUT2D eigenvalue weighted by Crippen LogP contribution is 2.64. The molecule has 244 valence electrons. The summed E-state index contributed by atoms with van der Waals surface area (Å²) in [6.07, 6.45) is -4.70. The third-order valence-corrected chi connectivity index (χ3v) is 11.1. The summed E-state index contributed by atoms with van der Waals surface area (Å²) in [5.74, 6) is -3.61. The lowest BCUT2D eigenvalue weighted by atomic mass is 9.45. The minimum atomic E-state index is -2.09. The number of ketones is 1. The molecular formula is C36H40O10. The summed E-state index contributed by atoms with van der Waals surface area (Å²) in [6, 6.07) is 16.6. The van der Waals surface area contributed by atoms with Crippen molar-refractivity contribution in [1.29, 1.82) is 0 Å². The average Bonchev–Trinajstić information content (AvgIpc) is 3.01. The molecule has 2 saturated carbocycles. The standard InChI is InChI=1S/C36H40O10/c1-20-24(38)18-36(42)30(45-32(41)23-14-10-7-11-15-23)28-34(5,17-16-25-35(28,19-43-25)46-21(2)37)29(39)27(26(20)33(36,3)4)44-31(40)22-12-8-6-9-13-22/h6-15,25,27-30,39,42H,16-19H2,1-5H3/t25-,27-,28+,29+,30+,34-,35+,36-/m1/s1. The van der Waals surface area contributed by atoms with Crippen LogP contribution in [0.3, 0.4) is 0 Å². The van der Waals surface area contributed by atoms with Gasteiger partial charge in [-0.15, -0.1) is 0 Å². The minimum absolute atomic E-state index is 0.0791. The van der Waals surface area contributed by atoms with Crippen LogP contribution in [0.2, 0.25) is 0 Å². The summed E-state index contributed by atoms with van der Waals surface area (Å²) in [5.41, 5.74) is -5.22. The van der Waals surface area contributed by atoms with Crippen LogP contribution in [0.1, 0.15) is 74.6 Å². The molecule has 0 spiro atoms. The maximum absolute atomic E-state index is 13.8. The van der Waals surface area contributed by atoms with Gasteiger partial charge in [-0.25, -0.2) is 9.59 Å². The predicted octanol–water partition coefficient (Wildman–Crippen LogP) is 3.98. The van der Waals surface area contributed by atoms with Gasteiger partial charge in [0.05, 0.1) is 23.7 Å². The fourth-order valence-electron chi connectivity index (χ4n) is 8.56. The molecule has 3 fully saturated rings. The molecule has 2 aromatic rings. The Bertz CT molecular complexity index is 1600. The van der Waals surface area contributed by atoms with E-state index in [9.17, 15) is 29.4 Å². The van der Waals surface area contributed by atoms with E-state index >= 15 is 0 Å². The fourth-order valence-corrected chi connectivity index (χ4v) is 8.56. The van der Waals surface area contributed by atoms with Crippen molar-refractivity contribution < 1.29 is 48.3 Å². The third-order valence-electron chi connectivity index (χ3n) is 11.1. The largest absolute Gasteiger partial charge is 0.455 e. The van der Waals surface area contributed by atoms with E-state index in [0.717, 1.165) is 0 Å². The molecule has 0 radical (unpaired) electrons. The first-order valence-electron chi connectivity index (χ1n) is 15.7. The molecule has 8 atom stereocenters. The number of hydrogen-bond donors (Lipinski definition) is 2. The first-order chi connectivity index (χ1) is 21.7. The summed E-state index contributed by atoms with van der Waals surface area (Å²) >= 11 is 0. The Morgan fingerprint density at radius 2 is 1.48 bits per heavy atom. The van der Waals surface area contributed by atoms with Crippen molar-refractivity contribution in [3.8, 4) is 0 Å². The Balaban J connectivity index is 1.59. The number of aliphatic hydroxyl groups is 2. The molecular weight excluding hydrogens is 592 g/mol. The van der Waals surface area contributed by atoms with E-state index in [4.69, 9.17) is 18.9 Å². The smallest absolute Gasteiger partial charge is 0.338 e. The number of ether oxygens (including phenoxy) is 4. The molecule has 3 aliphatic carbocycles. The van der Waals surface area contributed by atoms with Gasteiger partial charge in [-0.05, 0) is 55.2 Å². The first-order valence-corrected chi connectivity index (χ1v) is 15.7. The first kappa shape index (κ1) is 32.1. The summed E-state index contributed by atoms with van der Waals surface area (Å²) in [6.45, 7) is 7.93. The molecule has 0 unspecified atom stereocenters. The van der Waals surface area contributed by atoms with Gasteiger partial charge < -0.3 is 29.2 Å². The summed E-state index contributed by atoms with van der Waals surface area (Å²) < 4.78 is 24.5. The Hall–Kier alpha value is -3.86. The zero-order valence-electron chi connectivity index (χ0n) is 26.6. The summed E-state index contributed by atoms with van der Waals surface area (Å²) in [5, 5.41) is 25.6. The van der Waals surface area contributed by atoms with Crippen LogP contribution in [0.4, 0.5) is 0 Å². The lowest BCUT2D eigenvalue weighted by Gasteiger charge is -2.67. The summed E-state index contributed by atoms with van der Waals surface area (Å²) in [7, 11) is 0. The molecule has 10 nitrogen and oxygen atoms in total. The van der Waals surface area contributed by atoms with Crippen LogP contribution in [0, 0.1) is 16.7 Å². The lowest BCUT2D eigenvalue weighted by molar-refractivity contribution is -0.346. The van der Waals surface area contributed by atoms with Crippen molar-refractivity contribution in [1.82, 2.24) is 0 Å². The zero-order valence-corrected chi connectivity index (χ0v) is 26.6.